The highest BCUT2D eigenvalue weighted by atomic mass is 19.4. The average molecular weight is 381 g/mol. The molecule has 0 aliphatic heterocycles. The normalized spacial score (nSPS) is 11.3. The second kappa shape index (κ2) is 8.48. The molecule has 27 heavy (non-hydrogen) atoms. The van der Waals surface area contributed by atoms with Crippen LogP contribution in [0.3, 0.4) is 0 Å². The van der Waals surface area contributed by atoms with Crippen LogP contribution >= 0.6 is 0 Å². The Balaban J connectivity index is 2.26. The van der Waals surface area contributed by atoms with Crippen LogP contribution in [0.1, 0.15) is 11.1 Å². The van der Waals surface area contributed by atoms with E-state index < -0.39 is 17.6 Å². The molecule has 0 saturated carbocycles. The number of nitrogens with one attached hydrogen (secondary N) is 1. The fourth-order valence-corrected chi connectivity index (χ4v) is 2.43. The molecule has 0 radical (unpaired) electrons. The van der Waals surface area contributed by atoms with E-state index in [1.807, 2.05) is 0 Å². The first kappa shape index (κ1) is 20.2. The van der Waals surface area contributed by atoms with Crippen LogP contribution in [0.4, 0.5) is 18.9 Å². The fourth-order valence-electron chi connectivity index (χ4n) is 2.43. The van der Waals surface area contributed by atoms with Gasteiger partial charge in [0.15, 0.2) is 11.5 Å². The van der Waals surface area contributed by atoms with Crippen molar-refractivity contribution in [1.82, 2.24) is 0 Å². The first-order valence-corrected chi connectivity index (χ1v) is 7.76. The lowest BCUT2D eigenvalue weighted by molar-refractivity contribution is -0.136. The monoisotopic (exact) mass is 381 g/mol. The highest BCUT2D eigenvalue weighted by Crippen LogP contribution is 2.40. The van der Waals surface area contributed by atoms with Gasteiger partial charge in [-0.3, -0.25) is 4.79 Å². The van der Waals surface area contributed by atoms with E-state index in [0.29, 0.717) is 22.8 Å². The van der Waals surface area contributed by atoms with E-state index in [2.05, 4.69) is 5.32 Å². The lowest BCUT2D eigenvalue weighted by atomic mass is 10.1. The van der Waals surface area contributed by atoms with Gasteiger partial charge in [-0.25, -0.2) is 0 Å². The number of methoxy groups -OCH3 is 3. The van der Waals surface area contributed by atoms with Crippen molar-refractivity contribution in [3.63, 3.8) is 0 Å². The molecule has 5 nitrogen and oxygen atoms in total. The molecule has 2 aromatic carbocycles. The highest BCUT2D eigenvalue weighted by molar-refractivity contribution is 6.02. The molecule has 1 N–H and O–H groups in total. The fraction of sp³-hybridized carbons (Fsp3) is 0.211. The number of carbonyl (C=O) groups excluding carboxylic acids is 1. The van der Waals surface area contributed by atoms with E-state index in [4.69, 9.17) is 14.2 Å². The van der Waals surface area contributed by atoms with Gasteiger partial charge in [0, 0.05) is 11.6 Å². The maximum atomic E-state index is 13.0. The Bertz CT molecular complexity index is 847. The topological polar surface area (TPSA) is 56.8 Å². The minimum Gasteiger partial charge on any atom is -0.493 e. The number of anilines is 1. The molecule has 0 heterocycles. The predicted octanol–water partition coefficient (Wildman–Crippen LogP) is 4.38. The van der Waals surface area contributed by atoms with Gasteiger partial charge in [-0.15, -0.1) is 0 Å². The molecule has 0 aromatic heterocycles. The molecule has 0 aliphatic rings. The Morgan fingerprint density at radius 1 is 0.963 bits per heavy atom. The molecule has 8 heteroatoms. The molecular formula is C19H18F3NO4. The van der Waals surface area contributed by atoms with Crippen LogP contribution < -0.4 is 19.5 Å². The third kappa shape index (κ3) is 4.72. The number of carbonyl (C=O) groups is 1. The van der Waals surface area contributed by atoms with Crippen molar-refractivity contribution < 1.29 is 32.2 Å². The summed E-state index contributed by atoms with van der Waals surface area (Å²) in [5.74, 6) is 0.389. The molecule has 0 aliphatic carbocycles. The number of halogens is 3. The van der Waals surface area contributed by atoms with Crippen LogP contribution in [-0.2, 0) is 11.0 Å². The van der Waals surface area contributed by atoms with E-state index in [9.17, 15) is 18.0 Å². The van der Waals surface area contributed by atoms with E-state index in [1.165, 1.54) is 45.6 Å². The molecule has 144 valence electrons. The lowest BCUT2D eigenvalue weighted by Gasteiger charge is -2.14. The number of alkyl halides is 3. The summed E-state index contributed by atoms with van der Waals surface area (Å²) in [5.41, 5.74) is -0.746. The van der Waals surface area contributed by atoms with Gasteiger partial charge in [0.25, 0.3) is 0 Å². The summed E-state index contributed by atoms with van der Waals surface area (Å²) in [7, 11) is 4.33. The third-order valence-electron chi connectivity index (χ3n) is 3.64. The number of ether oxygens (including phenoxy) is 3. The molecule has 0 atom stereocenters. The van der Waals surface area contributed by atoms with E-state index in [0.717, 1.165) is 12.1 Å². The average Bonchev–Trinajstić information content (AvgIpc) is 2.64. The summed E-state index contributed by atoms with van der Waals surface area (Å²) in [4.78, 5) is 12.1. The molecule has 2 rings (SSSR count). The number of amides is 1. The van der Waals surface area contributed by atoms with Gasteiger partial charge in [0.2, 0.25) is 11.7 Å². The molecule has 0 unspecified atom stereocenters. The van der Waals surface area contributed by atoms with Crippen molar-refractivity contribution in [2.45, 2.75) is 6.18 Å². The van der Waals surface area contributed by atoms with Gasteiger partial charge >= 0.3 is 6.18 Å². The summed E-state index contributed by atoms with van der Waals surface area (Å²) < 4.78 is 54.7. The predicted molar refractivity (Wildman–Crippen MR) is 95.2 cm³/mol. The summed E-state index contributed by atoms with van der Waals surface area (Å²) >= 11 is 0. The minimum absolute atomic E-state index is 0.320. The minimum atomic E-state index is -4.57. The maximum Gasteiger partial charge on any atom is 0.418 e. The van der Waals surface area contributed by atoms with Gasteiger partial charge < -0.3 is 19.5 Å². The summed E-state index contributed by atoms with van der Waals surface area (Å²) in [5, 5.41) is 2.23. The Kier molecular flexibility index (Phi) is 6.33. The number of para-hydroxylation sites is 1. The van der Waals surface area contributed by atoms with Gasteiger partial charge in [0.05, 0.1) is 32.6 Å². The van der Waals surface area contributed by atoms with Gasteiger partial charge in [0.1, 0.15) is 0 Å². The Hall–Kier alpha value is -3.16. The number of hydrogen-bond acceptors (Lipinski definition) is 4. The number of rotatable bonds is 6. The van der Waals surface area contributed by atoms with Gasteiger partial charge in [-0.05, 0) is 30.3 Å². The van der Waals surface area contributed by atoms with Crippen LogP contribution in [0, 0.1) is 0 Å². The molecular weight excluding hydrogens is 363 g/mol. The van der Waals surface area contributed by atoms with Crippen LogP contribution in [0.2, 0.25) is 0 Å². The van der Waals surface area contributed by atoms with E-state index in [-0.39, 0.29) is 5.69 Å². The summed E-state index contributed by atoms with van der Waals surface area (Å²) in [6, 6.07) is 8.00. The number of benzene rings is 2. The Morgan fingerprint density at radius 3 is 2.22 bits per heavy atom. The van der Waals surface area contributed by atoms with E-state index >= 15 is 0 Å². The van der Waals surface area contributed by atoms with Crippen LogP contribution in [0.5, 0.6) is 17.2 Å². The SMILES string of the molecule is COc1ccc(/C=C/C(=O)Nc2ccccc2C(F)(F)F)c(OC)c1OC. The first-order valence-electron chi connectivity index (χ1n) is 7.76. The van der Waals surface area contributed by atoms with Crippen molar-refractivity contribution in [3.8, 4) is 17.2 Å². The smallest absolute Gasteiger partial charge is 0.418 e. The molecule has 2 aromatic rings. The molecule has 1 amide bonds. The van der Waals surface area contributed by atoms with Crippen molar-refractivity contribution in [2.75, 3.05) is 26.6 Å². The molecule has 0 saturated heterocycles. The van der Waals surface area contributed by atoms with Crippen molar-refractivity contribution in [2.24, 2.45) is 0 Å². The Labute approximate surface area is 154 Å². The molecule has 0 spiro atoms. The molecule has 0 fully saturated rings. The van der Waals surface area contributed by atoms with Crippen molar-refractivity contribution in [3.05, 3.63) is 53.6 Å². The Morgan fingerprint density at radius 2 is 1.63 bits per heavy atom. The van der Waals surface area contributed by atoms with Gasteiger partial charge in [-0.1, -0.05) is 12.1 Å². The zero-order valence-corrected chi connectivity index (χ0v) is 14.9. The third-order valence-corrected chi connectivity index (χ3v) is 3.64. The zero-order valence-electron chi connectivity index (χ0n) is 14.9. The lowest BCUT2D eigenvalue weighted by Crippen LogP contribution is -2.14. The van der Waals surface area contributed by atoms with Gasteiger partial charge in [-0.2, -0.15) is 13.2 Å². The highest BCUT2D eigenvalue weighted by Gasteiger charge is 2.33. The summed E-state index contributed by atoms with van der Waals surface area (Å²) in [6.07, 6.45) is -2.05. The van der Waals surface area contributed by atoms with Crippen molar-refractivity contribution in [1.29, 1.82) is 0 Å². The second-order valence-corrected chi connectivity index (χ2v) is 5.29. The van der Waals surface area contributed by atoms with Crippen LogP contribution in [0.25, 0.3) is 6.08 Å². The van der Waals surface area contributed by atoms with E-state index in [1.54, 1.807) is 12.1 Å². The quantitative estimate of drug-likeness (QED) is 0.755. The van der Waals surface area contributed by atoms with Crippen LogP contribution in [0.15, 0.2) is 42.5 Å². The standard InChI is InChI=1S/C19H18F3NO4/c1-25-15-10-8-12(17(26-2)18(15)27-3)9-11-16(24)23-14-7-5-4-6-13(14)19(20,21)22/h4-11H,1-3H3,(H,23,24)/b11-9+. The number of hydrogen-bond donors (Lipinski definition) is 1. The molecule has 0 bridgehead atoms. The largest absolute Gasteiger partial charge is 0.493 e. The first-order chi connectivity index (χ1) is 12.8. The second-order valence-electron chi connectivity index (χ2n) is 5.29. The van der Waals surface area contributed by atoms with Crippen molar-refractivity contribution >= 4 is 17.7 Å². The summed E-state index contributed by atoms with van der Waals surface area (Å²) in [6.45, 7) is 0. The van der Waals surface area contributed by atoms with Crippen LogP contribution in [-0.4, -0.2) is 27.2 Å². The maximum absolute atomic E-state index is 13.0. The zero-order chi connectivity index (χ0) is 20.0.